The van der Waals surface area contributed by atoms with Crippen LogP contribution in [0.15, 0.2) is 30.5 Å². The third-order valence-corrected chi connectivity index (χ3v) is 5.87. The first kappa shape index (κ1) is 24.4. The molecule has 1 aliphatic heterocycles. The Morgan fingerprint density at radius 1 is 1.24 bits per heavy atom. The predicted octanol–water partition coefficient (Wildman–Crippen LogP) is 3.55. The van der Waals surface area contributed by atoms with Gasteiger partial charge in [0.15, 0.2) is 17.2 Å². The van der Waals surface area contributed by atoms with Gasteiger partial charge in [0.2, 0.25) is 11.7 Å². The predicted molar refractivity (Wildman–Crippen MR) is 106 cm³/mol. The maximum absolute atomic E-state index is 14.3. The van der Waals surface area contributed by atoms with Gasteiger partial charge in [0.1, 0.15) is 11.9 Å². The molecule has 2 aromatic rings. The molecule has 0 saturated carbocycles. The summed E-state index contributed by atoms with van der Waals surface area (Å²) in [6.07, 6.45) is -5.51. The topological polar surface area (TPSA) is 104 Å². The zero-order valence-electron chi connectivity index (χ0n) is 17.7. The second-order valence-corrected chi connectivity index (χ2v) is 7.72. The van der Waals surface area contributed by atoms with Crippen molar-refractivity contribution in [1.29, 1.82) is 0 Å². The standard InChI is InChI=1S/C21H20F5N3O4/c1-9-14(11-4-5-12(22)15(23)16(11)32-3)17(33-20(9,2)21(24,25)26)19(31)29-13-8-10(18(27)30)6-7-28-13/h4-9,14,17H,1-3H3,(H2,27,30)(H,28,29,31)/t9-,14-,17-,20-/m0/s1. The highest BCUT2D eigenvalue weighted by molar-refractivity contribution is 5.97. The molecule has 1 aliphatic rings. The number of pyridine rings is 1. The van der Waals surface area contributed by atoms with Gasteiger partial charge >= 0.3 is 6.18 Å². The minimum Gasteiger partial charge on any atom is -0.493 e. The summed E-state index contributed by atoms with van der Waals surface area (Å²) < 4.78 is 80.0. The number of rotatable bonds is 5. The van der Waals surface area contributed by atoms with E-state index in [-0.39, 0.29) is 16.9 Å². The molecule has 0 radical (unpaired) electrons. The summed E-state index contributed by atoms with van der Waals surface area (Å²) in [6.45, 7) is 1.97. The van der Waals surface area contributed by atoms with E-state index in [1.165, 1.54) is 19.2 Å². The van der Waals surface area contributed by atoms with Gasteiger partial charge in [0.05, 0.1) is 7.11 Å². The van der Waals surface area contributed by atoms with Gasteiger partial charge in [-0.25, -0.2) is 9.37 Å². The van der Waals surface area contributed by atoms with Crippen LogP contribution < -0.4 is 15.8 Å². The van der Waals surface area contributed by atoms with Crippen LogP contribution in [0.4, 0.5) is 27.8 Å². The average Bonchev–Trinajstić information content (AvgIpc) is 3.02. The molecule has 2 amide bonds. The van der Waals surface area contributed by atoms with Gasteiger partial charge in [-0.1, -0.05) is 13.0 Å². The number of hydrogen-bond donors (Lipinski definition) is 2. The zero-order valence-corrected chi connectivity index (χ0v) is 17.7. The van der Waals surface area contributed by atoms with Crippen molar-refractivity contribution in [3.63, 3.8) is 0 Å². The van der Waals surface area contributed by atoms with E-state index in [0.29, 0.717) is 0 Å². The maximum atomic E-state index is 14.3. The monoisotopic (exact) mass is 473 g/mol. The molecular weight excluding hydrogens is 453 g/mol. The highest BCUT2D eigenvalue weighted by atomic mass is 19.4. The van der Waals surface area contributed by atoms with Crippen LogP contribution in [-0.4, -0.2) is 41.8 Å². The first-order valence-electron chi connectivity index (χ1n) is 9.65. The SMILES string of the molecule is COc1c([C@H]2[C@@H](C(=O)Nc3cc(C(N)=O)ccn3)O[C@](C)(C(F)(F)F)[C@H]2C)ccc(F)c1F. The number of hydrogen-bond acceptors (Lipinski definition) is 5. The van der Waals surface area contributed by atoms with Crippen LogP contribution in [0.25, 0.3) is 0 Å². The third kappa shape index (κ3) is 4.22. The lowest BCUT2D eigenvalue weighted by atomic mass is 9.77. The van der Waals surface area contributed by atoms with Crippen LogP contribution in [0.1, 0.15) is 35.7 Å². The Morgan fingerprint density at radius 2 is 1.91 bits per heavy atom. The summed E-state index contributed by atoms with van der Waals surface area (Å²) in [5.74, 6) is -8.10. The lowest BCUT2D eigenvalue weighted by molar-refractivity contribution is -0.272. The number of nitrogens with zero attached hydrogens (tertiary/aromatic N) is 1. The Bertz CT molecular complexity index is 1090. The molecule has 7 nitrogen and oxygen atoms in total. The van der Waals surface area contributed by atoms with Crippen molar-refractivity contribution >= 4 is 17.6 Å². The number of nitrogens with one attached hydrogen (secondary N) is 1. The van der Waals surface area contributed by atoms with Gasteiger partial charge in [-0.05, 0) is 25.1 Å². The largest absolute Gasteiger partial charge is 0.493 e. The fourth-order valence-electron chi connectivity index (χ4n) is 3.89. The molecule has 178 valence electrons. The number of halogens is 5. The van der Waals surface area contributed by atoms with E-state index in [1.54, 1.807) is 0 Å². The minimum absolute atomic E-state index is 0.0000342. The Hall–Kier alpha value is -3.28. The first-order chi connectivity index (χ1) is 15.3. The molecule has 4 atom stereocenters. The van der Waals surface area contributed by atoms with Crippen molar-refractivity contribution in [2.75, 3.05) is 12.4 Å². The zero-order chi connectivity index (χ0) is 24.7. The van der Waals surface area contributed by atoms with E-state index < -0.39 is 58.9 Å². The van der Waals surface area contributed by atoms with Gasteiger partial charge in [0, 0.05) is 29.2 Å². The second-order valence-electron chi connectivity index (χ2n) is 7.72. The van der Waals surface area contributed by atoms with Crippen LogP contribution in [0.2, 0.25) is 0 Å². The van der Waals surface area contributed by atoms with E-state index in [1.807, 2.05) is 0 Å². The van der Waals surface area contributed by atoms with Crippen LogP contribution in [0.5, 0.6) is 5.75 Å². The van der Waals surface area contributed by atoms with E-state index in [2.05, 4.69) is 10.3 Å². The Balaban J connectivity index is 2.07. The quantitative estimate of drug-likeness (QED) is 0.647. The molecule has 1 fully saturated rings. The number of benzene rings is 1. The Labute approximate surface area is 185 Å². The average molecular weight is 473 g/mol. The van der Waals surface area contributed by atoms with Crippen molar-refractivity contribution in [2.45, 2.75) is 37.6 Å². The molecule has 0 unspecified atom stereocenters. The van der Waals surface area contributed by atoms with Crippen molar-refractivity contribution in [3.8, 4) is 5.75 Å². The number of ether oxygens (including phenoxy) is 2. The molecule has 1 saturated heterocycles. The van der Waals surface area contributed by atoms with Gasteiger partial charge in [-0.15, -0.1) is 0 Å². The molecule has 2 heterocycles. The summed E-state index contributed by atoms with van der Waals surface area (Å²) in [5.41, 5.74) is 2.22. The fraction of sp³-hybridized carbons (Fsp3) is 0.381. The molecule has 0 aliphatic carbocycles. The maximum Gasteiger partial charge on any atom is 0.417 e. The van der Waals surface area contributed by atoms with Crippen LogP contribution in [-0.2, 0) is 9.53 Å². The number of anilines is 1. The summed E-state index contributed by atoms with van der Waals surface area (Å²) >= 11 is 0. The molecule has 1 aromatic carbocycles. The second kappa shape index (κ2) is 8.58. The molecule has 0 bridgehead atoms. The van der Waals surface area contributed by atoms with Crippen molar-refractivity contribution in [2.24, 2.45) is 11.7 Å². The summed E-state index contributed by atoms with van der Waals surface area (Å²) in [4.78, 5) is 28.2. The van der Waals surface area contributed by atoms with E-state index >= 15 is 0 Å². The summed E-state index contributed by atoms with van der Waals surface area (Å²) in [7, 11) is 1.03. The minimum atomic E-state index is -4.89. The number of nitrogens with two attached hydrogens (primary N) is 1. The first-order valence-corrected chi connectivity index (χ1v) is 9.65. The van der Waals surface area contributed by atoms with E-state index in [0.717, 1.165) is 32.2 Å². The molecule has 3 rings (SSSR count). The van der Waals surface area contributed by atoms with Crippen molar-refractivity contribution in [1.82, 2.24) is 4.98 Å². The van der Waals surface area contributed by atoms with Gasteiger partial charge < -0.3 is 20.5 Å². The number of carbonyl (C=O) groups is 2. The van der Waals surface area contributed by atoms with E-state index in [4.69, 9.17) is 15.2 Å². The van der Waals surface area contributed by atoms with E-state index in [9.17, 15) is 31.5 Å². The van der Waals surface area contributed by atoms with Crippen molar-refractivity contribution in [3.05, 3.63) is 53.2 Å². The number of aromatic nitrogens is 1. The Morgan fingerprint density at radius 3 is 2.48 bits per heavy atom. The molecule has 1 aromatic heterocycles. The molecule has 12 heteroatoms. The molecule has 33 heavy (non-hydrogen) atoms. The number of amides is 2. The van der Waals surface area contributed by atoms with Crippen molar-refractivity contribution < 1.29 is 41.0 Å². The fourth-order valence-corrected chi connectivity index (χ4v) is 3.89. The molecule has 0 spiro atoms. The number of carbonyl (C=O) groups excluding carboxylic acids is 2. The number of methoxy groups -OCH3 is 1. The lowest BCUT2D eigenvalue weighted by Gasteiger charge is -2.32. The van der Waals surface area contributed by atoms with Crippen LogP contribution >= 0.6 is 0 Å². The van der Waals surface area contributed by atoms with Gasteiger partial charge in [0.25, 0.3) is 5.91 Å². The molecule has 3 N–H and O–H groups in total. The highest BCUT2D eigenvalue weighted by Gasteiger charge is 2.65. The van der Waals surface area contributed by atoms with Crippen LogP contribution in [0, 0.1) is 17.6 Å². The summed E-state index contributed by atoms with van der Waals surface area (Å²) in [6, 6.07) is 4.20. The smallest absolute Gasteiger partial charge is 0.417 e. The third-order valence-electron chi connectivity index (χ3n) is 5.87. The summed E-state index contributed by atoms with van der Waals surface area (Å²) in [5, 5.41) is 2.29. The normalized spacial score (nSPS) is 25.0. The van der Waals surface area contributed by atoms with Gasteiger partial charge in [-0.2, -0.15) is 17.6 Å². The Kier molecular flexibility index (Phi) is 6.33. The highest BCUT2D eigenvalue weighted by Crippen LogP contribution is 2.54. The van der Waals surface area contributed by atoms with Crippen LogP contribution in [0.3, 0.4) is 0 Å². The molecular formula is C21H20F5N3O4. The number of alkyl halides is 3. The number of primary amides is 1. The van der Waals surface area contributed by atoms with Gasteiger partial charge in [-0.3, -0.25) is 9.59 Å². The lowest BCUT2D eigenvalue weighted by Crippen LogP contribution is -2.47.